The minimum absolute atomic E-state index is 0.0390. The van der Waals surface area contributed by atoms with Crippen molar-refractivity contribution in [2.75, 3.05) is 6.26 Å². The van der Waals surface area contributed by atoms with Gasteiger partial charge in [0.05, 0.1) is 5.92 Å². The lowest BCUT2D eigenvalue weighted by molar-refractivity contribution is -0.126. The minimum Gasteiger partial charge on any atom is -0.272 e. The molecule has 0 aromatic heterocycles. The number of fused-ring (bicyclic) bond motifs is 1. The molecule has 3 rings (SSSR count). The number of benzene rings is 1. The first-order chi connectivity index (χ1) is 9.11. The van der Waals surface area contributed by atoms with E-state index in [1.54, 1.807) is 23.5 Å². The number of nitrogens with zero attached hydrogens (tertiary/aromatic N) is 1. The third-order valence-corrected chi connectivity index (χ3v) is 6.75. The van der Waals surface area contributed by atoms with E-state index in [9.17, 15) is 4.79 Å². The molecule has 1 fully saturated rings. The zero-order valence-electron chi connectivity index (χ0n) is 10.7. The van der Waals surface area contributed by atoms with Crippen LogP contribution in [0.25, 0.3) is 0 Å². The lowest BCUT2D eigenvalue weighted by atomic mass is 9.61. The van der Waals surface area contributed by atoms with Gasteiger partial charge in [0.2, 0.25) is 0 Å². The molecule has 5 heteroatoms. The standard InChI is InChI=1S/C14H14ClNOS2/c1-7-10(8-3-5-9(15)6-4-8)11-12(7)19-14(18-2)16-13(11)17/h3-7,10-12H,1-2H3. The summed E-state index contributed by atoms with van der Waals surface area (Å²) in [6.45, 7) is 2.23. The van der Waals surface area contributed by atoms with Crippen molar-refractivity contribution in [3.63, 3.8) is 0 Å². The van der Waals surface area contributed by atoms with Gasteiger partial charge in [-0.25, -0.2) is 0 Å². The van der Waals surface area contributed by atoms with Crippen LogP contribution < -0.4 is 0 Å². The molecular weight excluding hydrogens is 298 g/mol. The molecule has 0 saturated heterocycles. The number of aliphatic imine (C=N–C) groups is 1. The zero-order chi connectivity index (χ0) is 13.6. The van der Waals surface area contributed by atoms with Crippen molar-refractivity contribution < 1.29 is 4.79 Å². The normalized spacial score (nSPS) is 33.4. The molecule has 1 aromatic carbocycles. The van der Waals surface area contributed by atoms with Gasteiger partial charge in [-0.2, -0.15) is 4.99 Å². The van der Waals surface area contributed by atoms with Crippen LogP contribution in [0.1, 0.15) is 18.4 Å². The molecule has 1 saturated carbocycles. The van der Waals surface area contributed by atoms with E-state index in [4.69, 9.17) is 11.6 Å². The molecule has 100 valence electrons. The van der Waals surface area contributed by atoms with Crippen molar-refractivity contribution in [1.82, 2.24) is 0 Å². The molecule has 4 unspecified atom stereocenters. The van der Waals surface area contributed by atoms with Crippen LogP contribution in [-0.4, -0.2) is 21.8 Å². The van der Waals surface area contributed by atoms with E-state index in [1.165, 1.54) is 5.56 Å². The third kappa shape index (κ3) is 2.24. The number of carbonyl (C=O) groups is 1. The number of hydrogen-bond acceptors (Lipinski definition) is 3. The molecule has 4 atom stereocenters. The Bertz CT molecular complexity index is 543. The monoisotopic (exact) mass is 311 g/mol. The molecule has 1 aromatic rings. The van der Waals surface area contributed by atoms with Gasteiger partial charge in [0.25, 0.3) is 5.91 Å². The van der Waals surface area contributed by atoms with Gasteiger partial charge in [-0.15, -0.1) is 11.8 Å². The molecule has 19 heavy (non-hydrogen) atoms. The second kappa shape index (κ2) is 5.15. The molecule has 1 aliphatic heterocycles. The van der Waals surface area contributed by atoms with Gasteiger partial charge < -0.3 is 0 Å². The Morgan fingerprint density at radius 1 is 1.26 bits per heavy atom. The summed E-state index contributed by atoms with van der Waals surface area (Å²) >= 11 is 9.25. The summed E-state index contributed by atoms with van der Waals surface area (Å²) in [5.74, 6) is 0.871. The summed E-state index contributed by atoms with van der Waals surface area (Å²) in [6, 6.07) is 7.86. The fraction of sp³-hybridized carbons (Fsp3) is 0.429. The number of amides is 1. The first-order valence-corrected chi connectivity index (χ1v) is 8.68. The largest absolute Gasteiger partial charge is 0.272 e. The Labute approximate surface area is 126 Å². The fourth-order valence-corrected chi connectivity index (χ4v) is 5.21. The molecule has 0 N–H and O–H groups in total. The van der Waals surface area contributed by atoms with E-state index in [-0.39, 0.29) is 17.7 Å². The molecular formula is C14H14ClNOS2. The van der Waals surface area contributed by atoms with E-state index in [2.05, 4.69) is 11.9 Å². The summed E-state index contributed by atoms with van der Waals surface area (Å²) in [5.41, 5.74) is 1.20. The smallest absolute Gasteiger partial charge is 0.252 e. The molecule has 1 amide bonds. The van der Waals surface area contributed by atoms with Gasteiger partial charge in [-0.1, -0.05) is 42.4 Å². The van der Waals surface area contributed by atoms with E-state index < -0.39 is 0 Å². The van der Waals surface area contributed by atoms with Crippen LogP contribution in [0.5, 0.6) is 0 Å². The third-order valence-electron chi connectivity index (χ3n) is 3.98. The number of rotatable bonds is 1. The summed E-state index contributed by atoms with van der Waals surface area (Å²) in [5, 5.41) is 1.12. The van der Waals surface area contributed by atoms with Gasteiger partial charge >= 0.3 is 0 Å². The minimum atomic E-state index is 0.0390. The average Bonchev–Trinajstić information content (AvgIpc) is 2.41. The van der Waals surface area contributed by atoms with E-state index in [1.807, 2.05) is 30.5 Å². The van der Waals surface area contributed by atoms with E-state index >= 15 is 0 Å². The summed E-state index contributed by atoms with van der Waals surface area (Å²) in [4.78, 5) is 16.4. The fourth-order valence-electron chi connectivity index (χ4n) is 2.99. The van der Waals surface area contributed by atoms with Crippen molar-refractivity contribution in [2.24, 2.45) is 16.8 Å². The maximum absolute atomic E-state index is 12.2. The van der Waals surface area contributed by atoms with Crippen LogP contribution in [0.15, 0.2) is 29.3 Å². The number of hydrogen-bond donors (Lipinski definition) is 0. The number of carbonyl (C=O) groups excluding carboxylic acids is 1. The molecule has 0 bridgehead atoms. The van der Waals surface area contributed by atoms with Gasteiger partial charge in [0.1, 0.15) is 4.38 Å². The Morgan fingerprint density at radius 2 is 1.95 bits per heavy atom. The second-order valence-electron chi connectivity index (χ2n) is 4.96. The average molecular weight is 312 g/mol. The van der Waals surface area contributed by atoms with Crippen LogP contribution in [0.4, 0.5) is 0 Å². The van der Waals surface area contributed by atoms with E-state index in [0.29, 0.717) is 11.2 Å². The first-order valence-electron chi connectivity index (χ1n) is 6.20. The highest BCUT2D eigenvalue weighted by Gasteiger charge is 2.54. The second-order valence-corrected chi connectivity index (χ2v) is 7.62. The highest BCUT2D eigenvalue weighted by molar-refractivity contribution is 8.39. The predicted octanol–water partition coefficient (Wildman–Crippen LogP) is 4.05. The van der Waals surface area contributed by atoms with Crippen molar-refractivity contribution in [1.29, 1.82) is 0 Å². The van der Waals surface area contributed by atoms with Crippen LogP contribution in [0.2, 0.25) is 5.02 Å². The van der Waals surface area contributed by atoms with Crippen LogP contribution in [-0.2, 0) is 4.79 Å². The molecule has 2 nitrogen and oxygen atoms in total. The Balaban J connectivity index is 1.88. The summed E-state index contributed by atoms with van der Waals surface area (Å²) < 4.78 is 0.910. The lowest BCUT2D eigenvalue weighted by Crippen LogP contribution is -2.52. The molecule has 2 aliphatic rings. The topological polar surface area (TPSA) is 29.4 Å². The predicted molar refractivity (Wildman–Crippen MR) is 84.2 cm³/mol. The first kappa shape index (κ1) is 13.5. The number of halogens is 1. The SMILES string of the molecule is CSC1=NC(=O)C2C(S1)C(C)C2c1ccc(Cl)cc1. The van der Waals surface area contributed by atoms with Gasteiger partial charge in [0.15, 0.2) is 0 Å². The Hall–Kier alpha value is -0.450. The van der Waals surface area contributed by atoms with Gasteiger partial charge in [0, 0.05) is 16.2 Å². The Morgan fingerprint density at radius 3 is 2.58 bits per heavy atom. The maximum atomic E-state index is 12.2. The highest BCUT2D eigenvalue weighted by Crippen LogP contribution is 2.56. The molecule has 0 spiro atoms. The van der Waals surface area contributed by atoms with Crippen LogP contribution in [0.3, 0.4) is 0 Å². The van der Waals surface area contributed by atoms with Crippen molar-refractivity contribution in [3.8, 4) is 0 Å². The van der Waals surface area contributed by atoms with E-state index in [0.717, 1.165) is 9.40 Å². The maximum Gasteiger partial charge on any atom is 0.252 e. The van der Waals surface area contributed by atoms with Crippen LogP contribution in [0, 0.1) is 11.8 Å². The van der Waals surface area contributed by atoms with Crippen molar-refractivity contribution in [3.05, 3.63) is 34.9 Å². The molecule has 1 aliphatic carbocycles. The Kier molecular flexibility index (Phi) is 3.67. The highest BCUT2D eigenvalue weighted by atomic mass is 35.5. The molecule has 1 heterocycles. The molecule has 0 radical (unpaired) electrons. The van der Waals surface area contributed by atoms with Crippen molar-refractivity contribution >= 4 is 45.4 Å². The van der Waals surface area contributed by atoms with Crippen molar-refractivity contribution in [2.45, 2.75) is 18.1 Å². The van der Waals surface area contributed by atoms with Crippen LogP contribution >= 0.6 is 35.1 Å². The summed E-state index contributed by atoms with van der Waals surface area (Å²) in [7, 11) is 0. The quantitative estimate of drug-likeness (QED) is 0.783. The summed E-state index contributed by atoms with van der Waals surface area (Å²) in [6.07, 6.45) is 1.97. The lowest BCUT2D eigenvalue weighted by Gasteiger charge is -2.50. The van der Waals surface area contributed by atoms with Gasteiger partial charge in [-0.05, 0) is 29.9 Å². The van der Waals surface area contributed by atoms with Gasteiger partial charge in [-0.3, -0.25) is 4.79 Å². The zero-order valence-corrected chi connectivity index (χ0v) is 13.1. The number of thioether (sulfide) groups is 2.